The Hall–Kier alpha value is -2.04. The van der Waals surface area contributed by atoms with E-state index in [0.717, 1.165) is 30.6 Å². The summed E-state index contributed by atoms with van der Waals surface area (Å²) in [5.41, 5.74) is 1.88. The molecule has 2 amide bonds. The van der Waals surface area contributed by atoms with Crippen molar-refractivity contribution in [1.82, 2.24) is 9.80 Å². The molecule has 0 N–H and O–H groups in total. The Morgan fingerprint density at radius 1 is 0.964 bits per heavy atom. The fourth-order valence-corrected chi connectivity index (χ4v) is 4.56. The van der Waals surface area contributed by atoms with Gasteiger partial charge in [-0.3, -0.25) is 9.59 Å². The summed E-state index contributed by atoms with van der Waals surface area (Å²) < 4.78 is 0. The molecule has 5 nitrogen and oxygen atoms in total. The van der Waals surface area contributed by atoms with Crippen LogP contribution in [0.3, 0.4) is 0 Å². The number of nitrogens with zero attached hydrogens (tertiary/aromatic N) is 3. The average Bonchev–Trinajstić information content (AvgIpc) is 2.74. The lowest BCUT2D eigenvalue weighted by Crippen LogP contribution is -2.52. The smallest absolute Gasteiger partial charge is 0.253 e. The first kappa shape index (κ1) is 20.7. The Morgan fingerprint density at radius 3 is 2.07 bits per heavy atom. The van der Waals surface area contributed by atoms with Crippen molar-refractivity contribution in [3.8, 4) is 0 Å². The molecule has 1 aromatic rings. The van der Waals surface area contributed by atoms with Crippen LogP contribution in [-0.4, -0.2) is 60.4 Å². The molecule has 0 unspecified atom stereocenters. The summed E-state index contributed by atoms with van der Waals surface area (Å²) in [5.74, 6) is 0.597. The van der Waals surface area contributed by atoms with E-state index in [1.807, 2.05) is 34.1 Å². The molecule has 0 radical (unpaired) electrons. The number of carbonyl (C=O) groups is 2. The Bertz CT molecular complexity index is 657. The maximum Gasteiger partial charge on any atom is 0.253 e. The van der Waals surface area contributed by atoms with Gasteiger partial charge in [0.25, 0.3) is 5.91 Å². The first-order valence-corrected chi connectivity index (χ1v) is 11.0. The number of piperazine rings is 1. The number of hydrogen-bond donors (Lipinski definition) is 0. The van der Waals surface area contributed by atoms with Gasteiger partial charge in [0.05, 0.1) is 0 Å². The summed E-state index contributed by atoms with van der Waals surface area (Å²) >= 11 is 0. The Balaban J connectivity index is 1.55. The molecule has 0 bridgehead atoms. The second-order valence-electron chi connectivity index (χ2n) is 8.38. The van der Waals surface area contributed by atoms with Gasteiger partial charge in [-0.25, -0.2) is 0 Å². The summed E-state index contributed by atoms with van der Waals surface area (Å²) in [7, 11) is 0. The van der Waals surface area contributed by atoms with Crippen LogP contribution in [0.4, 0.5) is 5.69 Å². The van der Waals surface area contributed by atoms with Gasteiger partial charge >= 0.3 is 0 Å². The van der Waals surface area contributed by atoms with E-state index in [1.165, 1.54) is 19.3 Å². The highest BCUT2D eigenvalue weighted by molar-refractivity contribution is 5.94. The molecule has 0 aromatic heterocycles. The van der Waals surface area contributed by atoms with Gasteiger partial charge in [-0.1, -0.05) is 19.3 Å². The van der Waals surface area contributed by atoms with E-state index in [9.17, 15) is 9.59 Å². The van der Waals surface area contributed by atoms with Crippen LogP contribution in [0.25, 0.3) is 0 Å². The molecule has 28 heavy (non-hydrogen) atoms. The standard InChI is InChI=1S/C23H35N3O2/c1-4-26(18(2)3)21-12-10-20(11-13-21)23(28)25-16-14-24(15-17-25)22(27)19-8-6-5-7-9-19/h10-13,18-19H,4-9,14-17H2,1-3H3. The summed E-state index contributed by atoms with van der Waals surface area (Å²) in [6.45, 7) is 10.0. The Labute approximate surface area is 169 Å². The Kier molecular flexibility index (Phi) is 6.97. The normalized spacial score (nSPS) is 18.4. The van der Waals surface area contributed by atoms with Gasteiger partial charge in [-0.2, -0.15) is 0 Å². The molecular formula is C23H35N3O2. The lowest BCUT2D eigenvalue weighted by molar-refractivity contribution is -0.138. The molecule has 0 spiro atoms. The van der Waals surface area contributed by atoms with Crippen LogP contribution in [-0.2, 0) is 4.79 Å². The van der Waals surface area contributed by atoms with Gasteiger partial charge < -0.3 is 14.7 Å². The molecule has 154 valence electrons. The number of rotatable bonds is 5. The van der Waals surface area contributed by atoms with Crippen LogP contribution in [0.2, 0.25) is 0 Å². The van der Waals surface area contributed by atoms with Crippen LogP contribution < -0.4 is 4.90 Å². The first-order chi connectivity index (χ1) is 13.5. The van der Waals surface area contributed by atoms with Crippen molar-refractivity contribution < 1.29 is 9.59 Å². The summed E-state index contributed by atoms with van der Waals surface area (Å²) in [5, 5.41) is 0. The summed E-state index contributed by atoms with van der Waals surface area (Å²) in [4.78, 5) is 31.7. The second kappa shape index (κ2) is 9.44. The van der Waals surface area contributed by atoms with Crippen molar-refractivity contribution in [2.24, 2.45) is 5.92 Å². The number of amides is 2. The third-order valence-electron chi connectivity index (χ3n) is 6.24. The number of hydrogen-bond acceptors (Lipinski definition) is 3. The molecule has 2 fully saturated rings. The molecule has 1 heterocycles. The third kappa shape index (κ3) is 4.68. The van der Waals surface area contributed by atoms with Crippen LogP contribution in [0.15, 0.2) is 24.3 Å². The third-order valence-corrected chi connectivity index (χ3v) is 6.24. The van der Waals surface area contributed by atoms with Crippen molar-refractivity contribution in [3.05, 3.63) is 29.8 Å². The first-order valence-electron chi connectivity index (χ1n) is 11.0. The molecule has 5 heteroatoms. The highest BCUT2D eigenvalue weighted by Crippen LogP contribution is 2.26. The number of carbonyl (C=O) groups excluding carboxylic acids is 2. The molecule has 1 aliphatic heterocycles. The van der Waals surface area contributed by atoms with E-state index >= 15 is 0 Å². The van der Waals surface area contributed by atoms with Crippen molar-refractivity contribution in [3.63, 3.8) is 0 Å². The van der Waals surface area contributed by atoms with E-state index in [-0.39, 0.29) is 11.8 Å². The van der Waals surface area contributed by atoms with Crippen molar-refractivity contribution in [2.45, 2.75) is 58.9 Å². The van der Waals surface area contributed by atoms with Gasteiger partial charge in [0.2, 0.25) is 5.91 Å². The van der Waals surface area contributed by atoms with Crippen LogP contribution in [0.1, 0.15) is 63.2 Å². The summed E-state index contributed by atoms with van der Waals surface area (Å²) in [6.07, 6.45) is 5.69. The van der Waals surface area contributed by atoms with Crippen molar-refractivity contribution in [2.75, 3.05) is 37.6 Å². The average molecular weight is 386 g/mol. The van der Waals surface area contributed by atoms with E-state index in [0.29, 0.717) is 38.1 Å². The quantitative estimate of drug-likeness (QED) is 0.775. The molecular weight excluding hydrogens is 350 g/mol. The zero-order valence-electron chi connectivity index (χ0n) is 17.7. The van der Waals surface area contributed by atoms with Crippen LogP contribution in [0, 0.1) is 5.92 Å². The maximum absolute atomic E-state index is 12.9. The minimum absolute atomic E-state index is 0.0731. The summed E-state index contributed by atoms with van der Waals surface area (Å²) in [6, 6.07) is 8.38. The topological polar surface area (TPSA) is 43.9 Å². The highest BCUT2D eigenvalue weighted by atomic mass is 16.2. The number of benzene rings is 1. The van der Waals surface area contributed by atoms with Crippen LogP contribution in [0.5, 0.6) is 0 Å². The maximum atomic E-state index is 12.9. The van der Waals surface area contributed by atoms with Crippen molar-refractivity contribution in [1.29, 1.82) is 0 Å². The molecule has 1 saturated heterocycles. The van der Waals surface area contributed by atoms with Gasteiger partial charge in [0.15, 0.2) is 0 Å². The van der Waals surface area contributed by atoms with Gasteiger partial charge in [-0.15, -0.1) is 0 Å². The van der Waals surface area contributed by atoms with E-state index in [1.54, 1.807) is 0 Å². The lowest BCUT2D eigenvalue weighted by atomic mass is 9.88. The zero-order valence-corrected chi connectivity index (χ0v) is 17.7. The van der Waals surface area contributed by atoms with Gasteiger partial charge in [0.1, 0.15) is 0 Å². The van der Waals surface area contributed by atoms with Crippen molar-refractivity contribution >= 4 is 17.5 Å². The predicted molar refractivity (Wildman–Crippen MR) is 114 cm³/mol. The van der Waals surface area contributed by atoms with E-state index in [4.69, 9.17) is 0 Å². The minimum Gasteiger partial charge on any atom is -0.369 e. The Morgan fingerprint density at radius 2 is 1.54 bits per heavy atom. The van der Waals surface area contributed by atoms with Gasteiger partial charge in [-0.05, 0) is 57.9 Å². The molecule has 1 aliphatic carbocycles. The molecule has 1 aromatic carbocycles. The highest BCUT2D eigenvalue weighted by Gasteiger charge is 2.30. The fraction of sp³-hybridized carbons (Fsp3) is 0.652. The monoisotopic (exact) mass is 385 g/mol. The largest absolute Gasteiger partial charge is 0.369 e. The SMILES string of the molecule is CCN(c1ccc(C(=O)N2CCN(C(=O)C3CCCCC3)CC2)cc1)C(C)C. The van der Waals surface area contributed by atoms with Gasteiger partial charge in [0, 0.05) is 55.9 Å². The lowest BCUT2D eigenvalue weighted by Gasteiger charge is -2.37. The second-order valence-corrected chi connectivity index (χ2v) is 8.38. The predicted octanol–water partition coefficient (Wildman–Crippen LogP) is 3.79. The van der Waals surface area contributed by atoms with E-state index in [2.05, 4.69) is 25.7 Å². The molecule has 3 rings (SSSR count). The zero-order chi connectivity index (χ0) is 20.1. The number of anilines is 1. The molecule has 1 saturated carbocycles. The molecule has 0 atom stereocenters. The van der Waals surface area contributed by atoms with E-state index < -0.39 is 0 Å². The minimum atomic E-state index is 0.0731. The molecule has 2 aliphatic rings. The van der Waals surface area contributed by atoms with Crippen LogP contribution >= 0.6 is 0 Å². The fourth-order valence-electron chi connectivity index (χ4n) is 4.56.